The molecule has 0 unspecified atom stereocenters. The quantitative estimate of drug-likeness (QED) is 0.696. The van der Waals surface area contributed by atoms with E-state index in [4.69, 9.17) is 16.3 Å². The number of halogens is 1. The van der Waals surface area contributed by atoms with E-state index in [2.05, 4.69) is 17.0 Å². The number of sulfone groups is 1. The zero-order valence-corrected chi connectivity index (χ0v) is 18.2. The zero-order chi connectivity index (χ0) is 21.0. The molecule has 0 radical (unpaired) electrons. The molecule has 1 fully saturated rings. The standard InChI is InChI=1S/C21H25ClN2O4S/c1-3-28-17-6-4-16(5-7-17)15-23-10-12-24(13-11-23)21(25)19-14-18(29(2,26)27)8-9-20(19)22/h4-9,14H,3,10-13,15H2,1-2H3. The molecular formula is C21H25ClN2O4S. The first-order valence-electron chi connectivity index (χ1n) is 9.51. The minimum absolute atomic E-state index is 0.0967. The second-order valence-electron chi connectivity index (χ2n) is 7.06. The number of ether oxygens (including phenoxy) is 1. The van der Waals surface area contributed by atoms with Gasteiger partial charge in [-0.15, -0.1) is 0 Å². The number of nitrogens with zero attached hydrogens (tertiary/aromatic N) is 2. The Balaban J connectivity index is 1.61. The van der Waals surface area contributed by atoms with Gasteiger partial charge in [0.2, 0.25) is 0 Å². The molecule has 0 bridgehead atoms. The molecule has 0 spiro atoms. The maximum atomic E-state index is 12.9. The summed E-state index contributed by atoms with van der Waals surface area (Å²) in [5.74, 6) is 0.626. The molecule has 0 N–H and O–H groups in total. The molecule has 3 rings (SSSR count). The van der Waals surface area contributed by atoms with Crippen molar-refractivity contribution in [1.29, 1.82) is 0 Å². The van der Waals surface area contributed by atoms with Crippen LogP contribution in [-0.4, -0.2) is 63.2 Å². The van der Waals surface area contributed by atoms with Gasteiger partial charge in [-0.1, -0.05) is 23.7 Å². The number of rotatable bonds is 6. The highest BCUT2D eigenvalue weighted by Crippen LogP contribution is 2.23. The van der Waals surface area contributed by atoms with Crippen molar-refractivity contribution in [2.45, 2.75) is 18.4 Å². The summed E-state index contributed by atoms with van der Waals surface area (Å²) < 4.78 is 29.0. The highest BCUT2D eigenvalue weighted by molar-refractivity contribution is 7.90. The summed E-state index contributed by atoms with van der Waals surface area (Å²) in [4.78, 5) is 17.0. The van der Waals surface area contributed by atoms with Gasteiger partial charge in [0.05, 0.1) is 22.1 Å². The van der Waals surface area contributed by atoms with Gasteiger partial charge in [0.1, 0.15) is 5.75 Å². The monoisotopic (exact) mass is 436 g/mol. The van der Waals surface area contributed by atoms with E-state index in [1.165, 1.54) is 23.8 Å². The van der Waals surface area contributed by atoms with Crippen molar-refractivity contribution >= 4 is 27.3 Å². The average molecular weight is 437 g/mol. The lowest BCUT2D eigenvalue weighted by molar-refractivity contribution is 0.0628. The predicted octanol–water partition coefficient (Wildman–Crippen LogP) is 3.10. The van der Waals surface area contributed by atoms with Gasteiger partial charge >= 0.3 is 0 Å². The predicted molar refractivity (Wildman–Crippen MR) is 113 cm³/mol. The largest absolute Gasteiger partial charge is 0.494 e. The summed E-state index contributed by atoms with van der Waals surface area (Å²) >= 11 is 6.17. The van der Waals surface area contributed by atoms with E-state index >= 15 is 0 Å². The topological polar surface area (TPSA) is 66.9 Å². The van der Waals surface area contributed by atoms with Gasteiger partial charge in [0.15, 0.2) is 9.84 Å². The maximum absolute atomic E-state index is 12.9. The van der Waals surface area contributed by atoms with Crippen molar-refractivity contribution in [1.82, 2.24) is 9.80 Å². The highest BCUT2D eigenvalue weighted by Gasteiger charge is 2.24. The summed E-state index contributed by atoms with van der Waals surface area (Å²) in [5.41, 5.74) is 1.42. The summed E-state index contributed by atoms with van der Waals surface area (Å²) in [5, 5.41) is 0.263. The van der Waals surface area contributed by atoms with E-state index in [1.807, 2.05) is 19.1 Å². The molecule has 1 aliphatic heterocycles. The number of benzene rings is 2. The van der Waals surface area contributed by atoms with Crippen LogP contribution in [0.1, 0.15) is 22.8 Å². The molecule has 1 amide bonds. The number of piperazine rings is 1. The molecule has 2 aromatic rings. The van der Waals surface area contributed by atoms with Gasteiger partial charge in [0.25, 0.3) is 5.91 Å². The smallest absolute Gasteiger partial charge is 0.255 e. The molecule has 0 aromatic heterocycles. The lowest BCUT2D eigenvalue weighted by Crippen LogP contribution is -2.48. The fraction of sp³-hybridized carbons (Fsp3) is 0.381. The SMILES string of the molecule is CCOc1ccc(CN2CCN(C(=O)c3cc(S(C)(=O)=O)ccc3Cl)CC2)cc1. The molecule has 2 aromatic carbocycles. The first-order valence-corrected chi connectivity index (χ1v) is 11.8. The van der Waals surface area contributed by atoms with E-state index in [9.17, 15) is 13.2 Å². The van der Waals surface area contributed by atoms with Gasteiger partial charge in [-0.2, -0.15) is 0 Å². The third-order valence-corrected chi connectivity index (χ3v) is 6.34. The van der Waals surface area contributed by atoms with E-state index in [0.29, 0.717) is 19.7 Å². The van der Waals surface area contributed by atoms with Crippen LogP contribution < -0.4 is 4.74 Å². The molecule has 6 nitrogen and oxygen atoms in total. The molecular weight excluding hydrogens is 412 g/mol. The highest BCUT2D eigenvalue weighted by atomic mass is 35.5. The third kappa shape index (κ3) is 5.50. The Bertz CT molecular complexity index is 969. The summed E-state index contributed by atoms with van der Waals surface area (Å²) in [6.45, 7) is 6.01. The van der Waals surface area contributed by atoms with Crippen LogP contribution in [0.2, 0.25) is 5.02 Å². The van der Waals surface area contributed by atoms with Gasteiger partial charge in [0, 0.05) is 39.0 Å². The molecule has 1 aliphatic rings. The van der Waals surface area contributed by atoms with Crippen molar-refractivity contribution in [2.24, 2.45) is 0 Å². The average Bonchev–Trinajstić information content (AvgIpc) is 2.69. The van der Waals surface area contributed by atoms with Crippen LogP contribution in [-0.2, 0) is 16.4 Å². The third-order valence-electron chi connectivity index (χ3n) is 4.90. The fourth-order valence-corrected chi connectivity index (χ4v) is 4.14. The van der Waals surface area contributed by atoms with Gasteiger partial charge < -0.3 is 9.64 Å². The molecule has 156 valence electrons. The maximum Gasteiger partial charge on any atom is 0.255 e. The Morgan fingerprint density at radius 3 is 2.31 bits per heavy atom. The van der Waals surface area contributed by atoms with Crippen molar-refractivity contribution in [3.8, 4) is 5.75 Å². The Hall–Kier alpha value is -2.09. The minimum Gasteiger partial charge on any atom is -0.494 e. The zero-order valence-electron chi connectivity index (χ0n) is 16.6. The molecule has 1 saturated heterocycles. The fourth-order valence-electron chi connectivity index (χ4n) is 3.29. The first kappa shape index (κ1) is 21.6. The van der Waals surface area contributed by atoms with Crippen LogP contribution in [0.4, 0.5) is 0 Å². The van der Waals surface area contributed by atoms with Crippen LogP contribution in [0.3, 0.4) is 0 Å². The van der Waals surface area contributed by atoms with Crippen LogP contribution in [0, 0.1) is 0 Å². The molecule has 0 atom stereocenters. The number of hydrogen-bond donors (Lipinski definition) is 0. The second-order valence-corrected chi connectivity index (χ2v) is 9.48. The molecule has 29 heavy (non-hydrogen) atoms. The first-order chi connectivity index (χ1) is 13.8. The molecule has 8 heteroatoms. The number of amides is 1. The Morgan fingerprint density at radius 1 is 1.07 bits per heavy atom. The van der Waals surface area contributed by atoms with Crippen LogP contribution >= 0.6 is 11.6 Å². The lowest BCUT2D eigenvalue weighted by Gasteiger charge is -2.35. The molecule has 0 saturated carbocycles. The van der Waals surface area contributed by atoms with Crippen molar-refractivity contribution in [3.05, 3.63) is 58.6 Å². The van der Waals surface area contributed by atoms with Crippen LogP contribution in [0.15, 0.2) is 47.4 Å². The summed E-state index contributed by atoms with van der Waals surface area (Å²) in [7, 11) is -3.40. The lowest BCUT2D eigenvalue weighted by atomic mass is 10.1. The van der Waals surface area contributed by atoms with E-state index in [0.717, 1.165) is 31.6 Å². The Kier molecular flexibility index (Phi) is 6.82. The number of carbonyl (C=O) groups is 1. The van der Waals surface area contributed by atoms with Crippen molar-refractivity contribution in [2.75, 3.05) is 39.0 Å². The van der Waals surface area contributed by atoms with E-state index in [1.54, 1.807) is 4.90 Å². The van der Waals surface area contributed by atoms with Crippen molar-refractivity contribution in [3.63, 3.8) is 0 Å². The number of hydrogen-bond acceptors (Lipinski definition) is 5. The summed E-state index contributed by atoms with van der Waals surface area (Å²) in [6.07, 6.45) is 1.12. The normalized spacial score (nSPS) is 15.3. The van der Waals surface area contributed by atoms with Crippen molar-refractivity contribution < 1.29 is 17.9 Å². The summed E-state index contributed by atoms with van der Waals surface area (Å²) in [6, 6.07) is 12.3. The molecule has 1 heterocycles. The Labute approximate surface area is 176 Å². The van der Waals surface area contributed by atoms with Gasteiger partial charge in [-0.3, -0.25) is 9.69 Å². The Morgan fingerprint density at radius 2 is 1.72 bits per heavy atom. The second kappa shape index (κ2) is 9.15. The minimum atomic E-state index is -3.40. The van der Waals surface area contributed by atoms with Crippen LogP contribution in [0.25, 0.3) is 0 Å². The number of carbonyl (C=O) groups excluding carboxylic acids is 1. The van der Waals surface area contributed by atoms with E-state index in [-0.39, 0.29) is 21.4 Å². The van der Waals surface area contributed by atoms with Gasteiger partial charge in [-0.05, 0) is 42.8 Å². The van der Waals surface area contributed by atoms with E-state index < -0.39 is 9.84 Å². The van der Waals surface area contributed by atoms with Gasteiger partial charge in [-0.25, -0.2) is 8.42 Å². The van der Waals surface area contributed by atoms with Crippen LogP contribution in [0.5, 0.6) is 5.75 Å². The molecule has 0 aliphatic carbocycles.